The summed E-state index contributed by atoms with van der Waals surface area (Å²) < 4.78 is 10.4. The summed E-state index contributed by atoms with van der Waals surface area (Å²) >= 11 is 5.76. The number of nitrogens with one attached hydrogen (secondary N) is 1. The fourth-order valence-corrected chi connectivity index (χ4v) is 2.58. The molecular formula is C15H25ClNO3P. The third kappa shape index (κ3) is 10.7. The highest BCUT2D eigenvalue weighted by atomic mass is 35.5. The van der Waals surface area contributed by atoms with Gasteiger partial charge in [0.05, 0.1) is 11.6 Å². The standard InChI is InChI=1S/C11H15ClNO2P.C4H10O/c1-11(2,8-14)13-16(3)15-10-6-4-9(12)5-7-10;1-4(2)5-3/h4-8,13H,1-3H3;4H,1-3H3. The topological polar surface area (TPSA) is 47.6 Å². The van der Waals surface area contributed by atoms with E-state index >= 15 is 0 Å². The van der Waals surface area contributed by atoms with Crippen LogP contribution >= 0.6 is 19.9 Å². The number of hydrogen-bond acceptors (Lipinski definition) is 4. The summed E-state index contributed by atoms with van der Waals surface area (Å²) in [7, 11) is 0.814. The molecule has 6 heteroatoms. The van der Waals surface area contributed by atoms with Crippen molar-refractivity contribution >= 4 is 26.2 Å². The zero-order valence-corrected chi connectivity index (χ0v) is 15.2. The molecule has 0 radical (unpaired) electrons. The van der Waals surface area contributed by atoms with Crippen molar-refractivity contribution in [3.05, 3.63) is 29.3 Å². The van der Waals surface area contributed by atoms with Crippen LogP contribution in [-0.4, -0.2) is 31.7 Å². The van der Waals surface area contributed by atoms with Gasteiger partial charge in [-0.1, -0.05) is 11.6 Å². The van der Waals surface area contributed by atoms with Crippen molar-refractivity contribution in [2.45, 2.75) is 39.3 Å². The van der Waals surface area contributed by atoms with E-state index in [1.54, 1.807) is 31.4 Å². The van der Waals surface area contributed by atoms with Gasteiger partial charge in [0.25, 0.3) is 0 Å². The van der Waals surface area contributed by atoms with Crippen LogP contribution in [0.1, 0.15) is 27.7 Å². The van der Waals surface area contributed by atoms with Crippen LogP contribution in [0.4, 0.5) is 0 Å². The fourth-order valence-electron chi connectivity index (χ4n) is 1.11. The van der Waals surface area contributed by atoms with E-state index in [0.29, 0.717) is 11.1 Å². The van der Waals surface area contributed by atoms with Gasteiger partial charge in [0, 0.05) is 18.8 Å². The van der Waals surface area contributed by atoms with E-state index in [0.717, 1.165) is 12.0 Å². The number of carbonyl (C=O) groups excluding carboxylic acids is 1. The van der Waals surface area contributed by atoms with Gasteiger partial charge < -0.3 is 14.1 Å². The minimum absolute atomic E-state index is 0.384. The smallest absolute Gasteiger partial charge is 0.158 e. The second-order valence-electron chi connectivity index (χ2n) is 5.28. The van der Waals surface area contributed by atoms with Gasteiger partial charge in [0.2, 0.25) is 0 Å². The molecule has 0 saturated heterocycles. The number of carbonyl (C=O) groups is 1. The first kappa shape index (κ1) is 20.3. The lowest BCUT2D eigenvalue weighted by Gasteiger charge is -2.24. The van der Waals surface area contributed by atoms with Crippen molar-refractivity contribution in [2.24, 2.45) is 0 Å². The van der Waals surface area contributed by atoms with E-state index in [-0.39, 0.29) is 0 Å². The average molecular weight is 334 g/mol. The molecule has 21 heavy (non-hydrogen) atoms. The summed E-state index contributed by atoms with van der Waals surface area (Å²) in [4.78, 5) is 10.7. The van der Waals surface area contributed by atoms with Crippen LogP contribution in [-0.2, 0) is 9.53 Å². The molecule has 0 saturated carbocycles. The first-order chi connectivity index (χ1) is 9.70. The van der Waals surface area contributed by atoms with E-state index in [2.05, 4.69) is 5.09 Å². The van der Waals surface area contributed by atoms with Crippen LogP contribution in [0.2, 0.25) is 5.02 Å². The monoisotopic (exact) mass is 333 g/mol. The summed E-state index contributed by atoms with van der Waals surface area (Å²) in [6, 6.07) is 7.14. The van der Waals surface area contributed by atoms with Crippen LogP contribution in [0.5, 0.6) is 5.75 Å². The Morgan fingerprint density at radius 1 is 1.29 bits per heavy atom. The number of halogens is 1. The Morgan fingerprint density at radius 3 is 2.14 bits per heavy atom. The molecule has 0 fully saturated rings. The fraction of sp³-hybridized carbons (Fsp3) is 0.533. The van der Waals surface area contributed by atoms with Crippen molar-refractivity contribution in [1.29, 1.82) is 0 Å². The molecule has 0 amide bonds. The van der Waals surface area contributed by atoms with Crippen LogP contribution in [0.25, 0.3) is 0 Å². The highest BCUT2D eigenvalue weighted by molar-refractivity contribution is 7.50. The van der Waals surface area contributed by atoms with Crippen LogP contribution in [0, 0.1) is 0 Å². The predicted molar refractivity (Wildman–Crippen MR) is 90.3 cm³/mol. The minimum atomic E-state index is -0.885. The molecule has 0 aliphatic carbocycles. The second kappa shape index (κ2) is 10.1. The lowest BCUT2D eigenvalue weighted by atomic mass is 10.1. The first-order valence-corrected chi connectivity index (χ1v) is 8.73. The summed E-state index contributed by atoms with van der Waals surface area (Å²) in [6.45, 7) is 9.53. The summed E-state index contributed by atoms with van der Waals surface area (Å²) in [6.07, 6.45) is 1.26. The largest absolute Gasteiger partial charge is 0.458 e. The summed E-state index contributed by atoms with van der Waals surface area (Å²) in [5, 5.41) is 3.79. The Kier molecular flexibility index (Phi) is 9.80. The van der Waals surface area contributed by atoms with E-state index in [9.17, 15) is 4.79 Å². The molecule has 0 aromatic heterocycles. The lowest BCUT2D eigenvalue weighted by Crippen LogP contribution is -2.37. The van der Waals surface area contributed by atoms with E-state index in [1.807, 2.05) is 34.4 Å². The highest BCUT2D eigenvalue weighted by Gasteiger charge is 2.20. The zero-order chi connectivity index (χ0) is 16.5. The molecule has 0 bridgehead atoms. The quantitative estimate of drug-likeness (QED) is 0.624. The molecule has 1 N–H and O–H groups in total. The van der Waals surface area contributed by atoms with Gasteiger partial charge in [0.15, 0.2) is 8.30 Å². The summed E-state index contributed by atoms with van der Waals surface area (Å²) in [5.74, 6) is 0.743. The maximum absolute atomic E-state index is 10.7. The predicted octanol–water partition coefficient (Wildman–Crippen LogP) is 4.27. The van der Waals surface area contributed by atoms with Crippen molar-refractivity contribution in [1.82, 2.24) is 5.09 Å². The lowest BCUT2D eigenvalue weighted by molar-refractivity contribution is -0.111. The number of aldehydes is 1. The zero-order valence-electron chi connectivity index (χ0n) is 13.5. The first-order valence-electron chi connectivity index (χ1n) is 6.64. The Bertz CT molecular complexity index is 410. The van der Waals surface area contributed by atoms with Crippen molar-refractivity contribution in [2.75, 3.05) is 13.8 Å². The average Bonchev–Trinajstić information content (AvgIpc) is 2.41. The maximum Gasteiger partial charge on any atom is 0.158 e. The van der Waals surface area contributed by atoms with Gasteiger partial charge in [-0.3, -0.25) is 5.09 Å². The molecule has 0 spiro atoms. The number of methoxy groups -OCH3 is 1. The third-order valence-corrected chi connectivity index (χ3v) is 3.90. The van der Waals surface area contributed by atoms with Crippen LogP contribution < -0.4 is 9.61 Å². The number of ether oxygens (including phenoxy) is 1. The van der Waals surface area contributed by atoms with Crippen molar-refractivity contribution in [3.63, 3.8) is 0 Å². The molecule has 4 nitrogen and oxygen atoms in total. The normalized spacial score (nSPS) is 12.4. The second-order valence-corrected chi connectivity index (χ2v) is 7.12. The minimum Gasteiger partial charge on any atom is -0.458 e. The Balaban J connectivity index is 0.000000690. The van der Waals surface area contributed by atoms with Gasteiger partial charge in [-0.05, 0) is 52.0 Å². The molecule has 0 aliphatic heterocycles. The molecule has 0 heterocycles. The number of benzene rings is 1. The molecule has 1 aromatic carbocycles. The highest BCUT2D eigenvalue weighted by Crippen LogP contribution is 2.32. The van der Waals surface area contributed by atoms with Crippen LogP contribution in [0.3, 0.4) is 0 Å². The van der Waals surface area contributed by atoms with Gasteiger partial charge in [-0.15, -0.1) is 0 Å². The number of rotatable bonds is 6. The van der Waals surface area contributed by atoms with Crippen molar-refractivity contribution in [3.8, 4) is 5.75 Å². The summed E-state index contributed by atoms with van der Waals surface area (Å²) in [5.41, 5.74) is -0.563. The van der Waals surface area contributed by atoms with Crippen molar-refractivity contribution < 1.29 is 14.1 Å². The molecular weight excluding hydrogens is 309 g/mol. The maximum atomic E-state index is 10.7. The third-order valence-electron chi connectivity index (χ3n) is 2.27. The molecule has 1 unspecified atom stereocenters. The van der Waals surface area contributed by atoms with E-state index in [1.165, 1.54) is 0 Å². The van der Waals surface area contributed by atoms with E-state index < -0.39 is 13.8 Å². The number of hydrogen-bond donors (Lipinski definition) is 1. The van der Waals surface area contributed by atoms with Gasteiger partial charge in [0.1, 0.15) is 12.0 Å². The molecule has 0 aliphatic rings. The molecule has 1 rings (SSSR count). The Morgan fingerprint density at radius 2 is 1.76 bits per heavy atom. The van der Waals surface area contributed by atoms with E-state index in [4.69, 9.17) is 20.9 Å². The molecule has 1 atom stereocenters. The van der Waals surface area contributed by atoms with Gasteiger partial charge in [-0.2, -0.15) is 0 Å². The Labute approximate surface area is 134 Å². The van der Waals surface area contributed by atoms with Gasteiger partial charge in [-0.25, -0.2) is 0 Å². The Hall–Kier alpha value is -0.670. The SMILES string of the molecule is COC(C)C.CP(NC(C)(C)C=O)Oc1ccc(Cl)cc1. The molecule has 1 aromatic rings. The van der Waals surface area contributed by atoms with Gasteiger partial charge >= 0.3 is 0 Å². The van der Waals surface area contributed by atoms with Crippen LogP contribution in [0.15, 0.2) is 24.3 Å². The molecule has 120 valence electrons.